The molecule has 7 heteroatoms. The molecule has 0 aliphatic carbocycles. The van der Waals surface area contributed by atoms with Gasteiger partial charge in [0.05, 0.1) is 0 Å². The highest BCUT2D eigenvalue weighted by atomic mass is 35.5. The maximum atomic E-state index is 12.3. The number of hydrogen-bond donors (Lipinski definition) is 1. The standard InChI is InChI=1S/C18H17ClN2O4/c1-12(22)21(9-13-4-2-3-5-15(13)19)10-18(23)20-14-6-7-16-17(8-14)25-11-24-16/h2-8H,9-11H2,1H3,(H,20,23). The van der Waals surface area contributed by atoms with Crippen molar-refractivity contribution in [2.24, 2.45) is 0 Å². The summed E-state index contributed by atoms with van der Waals surface area (Å²) >= 11 is 6.13. The fraction of sp³-hybridized carbons (Fsp3) is 0.222. The van der Waals surface area contributed by atoms with Gasteiger partial charge < -0.3 is 19.7 Å². The lowest BCUT2D eigenvalue weighted by atomic mass is 10.2. The molecule has 1 N–H and O–H groups in total. The number of carbonyl (C=O) groups excluding carboxylic acids is 2. The van der Waals surface area contributed by atoms with Crippen LogP contribution in [0.2, 0.25) is 5.02 Å². The molecular weight excluding hydrogens is 344 g/mol. The summed E-state index contributed by atoms with van der Waals surface area (Å²) in [6, 6.07) is 12.4. The van der Waals surface area contributed by atoms with Crippen LogP contribution < -0.4 is 14.8 Å². The van der Waals surface area contributed by atoms with Crippen LogP contribution in [0.4, 0.5) is 5.69 Å². The molecule has 2 amide bonds. The molecule has 0 aromatic heterocycles. The Morgan fingerprint density at radius 2 is 1.92 bits per heavy atom. The van der Waals surface area contributed by atoms with Crippen molar-refractivity contribution in [1.82, 2.24) is 4.90 Å². The maximum absolute atomic E-state index is 12.3. The average Bonchev–Trinajstić information content (AvgIpc) is 3.03. The number of benzene rings is 2. The van der Waals surface area contributed by atoms with Crippen LogP contribution in [0.25, 0.3) is 0 Å². The molecule has 0 saturated carbocycles. The van der Waals surface area contributed by atoms with Crippen molar-refractivity contribution >= 4 is 29.1 Å². The fourth-order valence-corrected chi connectivity index (χ4v) is 2.65. The van der Waals surface area contributed by atoms with Gasteiger partial charge in [-0.1, -0.05) is 29.8 Å². The van der Waals surface area contributed by atoms with E-state index in [0.717, 1.165) is 5.56 Å². The van der Waals surface area contributed by atoms with Crippen LogP contribution in [-0.2, 0) is 16.1 Å². The first kappa shape index (κ1) is 17.1. The Morgan fingerprint density at radius 1 is 1.16 bits per heavy atom. The van der Waals surface area contributed by atoms with E-state index < -0.39 is 0 Å². The van der Waals surface area contributed by atoms with Gasteiger partial charge in [-0.25, -0.2) is 0 Å². The van der Waals surface area contributed by atoms with E-state index in [1.165, 1.54) is 11.8 Å². The van der Waals surface area contributed by atoms with Crippen molar-refractivity contribution in [2.75, 3.05) is 18.7 Å². The van der Waals surface area contributed by atoms with Gasteiger partial charge in [0.2, 0.25) is 18.6 Å². The van der Waals surface area contributed by atoms with Gasteiger partial charge in [0.15, 0.2) is 11.5 Å². The van der Waals surface area contributed by atoms with Crippen molar-refractivity contribution < 1.29 is 19.1 Å². The molecule has 130 valence electrons. The Labute approximate surface area is 150 Å². The van der Waals surface area contributed by atoms with Crippen LogP contribution in [0.1, 0.15) is 12.5 Å². The lowest BCUT2D eigenvalue weighted by Gasteiger charge is -2.21. The number of rotatable bonds is 5. The molecule has 3 rings (SSSR count). The number of hydrogen-bond acceptors (Lipinski definition) is 4. The molecule has 2 aromatic carbocycles. The molecule has 0 radical (unpaired) electrons. The van der Waals surface area contributed by atoms with Crippen LogP contribution in [-0.4, -0.2) is 30.1 Å². The van der Waals surface area contributed by atoms with E-state index in [1.54, 1.807) is 24.3 Å². The largest absolute Gasteiger partial charge is 0.454 e. The van der Waals surface area contributed by atoms with E-state index in [1.807, 2.05) is 18.2 Å². The minimum absolute atomic E-state index is 0.0744. The molecule has 1 aliphatic heterocycles. The van der Waals surface area contributed by atoms with Gasteiger partial charge in [-0.3, -0.25) is 9.59 Å². The van der Waals surface area contributed by atoms with Crippen molar-refractivity contribution in [1.29, 1.82) is 0 Å². The topological polar surface area (TPSA) is 67.9 Å². The predicted octanol–water partition coefficient (Wildman–Crippen LogP) is 3.06. The second-order valence-electron chi connectivity index (χ2n) is 5.58. The van der Waals surface area contributed by atoms with Crippen molar-refractivity contribution in [3.05, 3.63) is 53.1 Å². The number of nitrogens with one attached hydrogen (secondary N) is 1. The summed E-state index contributed by atoms with van der Waals surface area (Å²) in [5.41, 5.74) is 1.37. The molecule has 25 heavy (non-hydrogen) atoms. The highest BCUT2D eigenvalue weighted by Crippen LogP contribution is 2.34. The third kappa shape index (κ3) is 4.22. The summed E-state index contributed by atoms with van der Waals surface area (Å²) in [5, 5.41) is 3.32. The lowest BCUT2D eigenvalue weighted by molar-refractivity contribution is -0.133. The zero-order valence-electron chi connectivity index (χ0n) is 13.6. The molecule has 0 atom stereocenters. The number of amides is 2. The molecule has 0 spiro atoms. The number of ether oxygens (including phenoxy) is 2. The van der Waals surface area contributed by atoms with Gasteiger partial charge >= 0.3 is 0 Å². The average molecular weight is 361 g/mol. The number of fused-ring (bicyclic) bond motifs is 1. The van der Waals surface area contributed by atoms with Gasteiger partial charge in [-0.15, -0.1) is 0 Å². The molecule has 0 saturated heterocycles. The lowest BCUT2D eigenvalue weighted by Crippen LogP contribution is -2.36. The van der Waals surface area contributed by atoms with E-state index in [0.29, 0.717) is 22.2 Å². The molecule has 2 aromatic rings. The smallest absolute Gasteiger partial charge is 0.244 e. The van der Waals surface area contributed by atoms with Crippen LogP contribution in [0.15, 0.2) is 42.5 Å². The van der Waals surface area contributed by atoms with Gasteiger partial charge in [-0.2, -0.15) is 0 Å². The first-order valence-corrected chi connectivity index (χ1v) is 8.09. The minimum Gasteiger partial charge on any atom is -0.454 e. The summed E-state index contributed by atoms with van der Waals surface area (Å²) in [7, 11) is 0. The van der Waals surface area contributed by atoms with Crippen molar-refractivity contribution in [3.8, 4) is 11.5 Å². The van der Waals surface area contributed by atoms with E-state index in [4.69, 9.17) is 21.1 Å². The third-order valence-electron chi connectivity index (χ3n) is 3.76. The van der Waals surface area contributed by atoms with Gasteiger partial charge in [0.25, 0.3) is 0 Å². The number of nitrogens with zero attached hydrogens (tertiary/aromatic N) is 1. The van der Waals surface area contributed by atoms with Gasteiger partial charge in [0, 0.05) is 30.2 Å². The summed E-state index contributed by atoms with van der Waals surface area (Å²) in [6.45, 7) is 1.78. The quantitative estimate of drug-likeness (QED) is 0.889. The second kappa shape index (κ2) is 7.44. The van der Waals surface area contributed by atoms with Crippen LogP contribution in [0.5, 0.6) is 11.5 Å². The van der Waals surface area contributed by atoms with Gasteiger partial charge in [0.1, 0.15) is 6.54 Å². The molecule has 0 bridgehead atoms. The highest BCUT2D eigenvalue weighted by molar-refractivity contribution is 6.31. The molecule has 6 nitrogen and oxygen atoms in total. The molecule has 0 unspecified atom stereocenters. The van der Waals surface area contributed by atoms with E-state index in [2.05, 4.69) is 5.32 Å². The van der Waals surface area contributed by atoms with Crippen LogP contribution in [0.3, 0.4) is 0 Å². The molecule has 0 fully saturated rings. The van der Waals surface area contributed by atoms with Crippen LogP contribution in [0, 0.1) is 0 Å². The summed E-state index contributed by atoms with van der Waals surface area (Å²) < 4.78 is 10.5. The van der Waals surface area contributed by atoms with E-state index in [-0.39, 0.29) is 31.7 Å². The first-order valence-electron chi connectivity index (χ1n) is 7.71. The number of carbonyl (C=O) groups is 2. The minimum atomic E-state index is -0.305. The van der Waals surface area contributed by atoms with Crippen molar-refractivity contribution in [3.63, 3.8) is 0 Å². The van der Waals surface area contributed by atoms with Crippen molar-refractivity contribution in [2.45, 2.75) is 13.5 Å². The highest BCUT2D eigenvalue weighted by Gasteiger charge is 2.17. The normalized spacial score (nSPS) is 11.9. The Balaban J connectivity index is 1.65. The first-order chi connectivity index (χ1) is 12.0. The third-order valence-corrected chi connectivity index (χ3v) is 4.12. The zero-order chi connectivity index (χ0) is 17.8. The van der Waals surface area contributed by atoms with Crippen LogP contribution >= 0.6 is 11.6 Å². The predicted molar refractivity (Wildman–Crippen MR) is 93.7 cm³/mol. The fourth-order valence-electron chi connectivity index (χ4n) is 2.46. The maximum Gasteiger partial charge on any atom is 0.244 e. The summed E-state index contributed by atoms with van der Waals surface area (Å²) in [5.74, 6) is 0.709. The van der Waals surface area contributed by atoms with E-state index in [9.17, 15) is 9.59 Å². The Morgan fingerprint density at radius 3 is 2.68 bits per heavy atom. The monoisotopic (exact) mass is 360 g/mol. The molecule has 1 heterocycles. The summed E-state index contributed by atoms with van der Waals surface area (Å²) in [4.78, 5) is 25.6. The Hall–Kier alpha value is -2.73. The second-order valence-corrected chi connectivity index (χ2v) is 5.99. The zero-order valence-corrected chi connectivity index (χ0v) is 14.4. The Bertz CT molecular complexity index is 809. The Kier molecular flexibility index (Phi) is 5.09. The number of halogens is 1. The molecule has 1 aliphatic rings. The van der Waals surface area contributed by atoms with E-state index >= 15 is 0 Å². The summed E-state index contributed by atoms with van der Waals surface area (Å²) in [6.07, 6.45) is 0. The molecular formula is C18H17ClN2O4. The van der Waals surface area contributed by atoms with Gasteiger partial charge in [-0.05, 0) is 23.8 Å². The number of anilines is 1. The SMILES string of the molecule is CC(=O)N(CC(=O)Nc1ccc2c(c1)OCO2)Cc1ccccc1Cl.